The van der Waals surface area contributed by atoms with Gasteiger partial charge in [0.05, 0.1) is 6.61 Å². The molecule has 0 bridgehead atoms. The standard InChI is InChI=1S/C25H38O2/c1-15(2)18-8-9-23(4)10-11-24(5)13-19-16(3)12-25(26)21(19)17(14-27-25)6-7-20(24)22(18)23/h6,16,18-22,26H,1,7-14H2,2-5H3/t16-,18+,19-,20-,21-,22-,23-,24+,25+/m0/s1. The summed E-state index contributed by atoms with van der Waals surface area (Å²) in [6.45, 7) is 14.8. The van der Waals surface area contributed by atoms with Crippen LogP contribution >= 0.6 is 0 Å². The van der Waals surface area contributed by atoms with Crippen molar-refractivity contribution >= 4 is 0 Å². The molecule has 1 heterocycles. The highest BCUT2D eigenvalue weighted by atomic mass is 16.6. The van der Waals surface area contributed by atoms with Crippen LogP contribution in [0.4, 0.5) is 0 Å². The van der Waals surface area contributed by atoms with Crippen molar-refractivity contribution in [2.24, 2.45) is 46.3 Å². The molecule has 1 saturated heterocycles. The summed E-state index contributed by atoms with van der Waals surface area (Å²) in [5.41, 5.74) is 3.70. The summed E-state index contributed by atoms with van der Waals surface area (Å²) in [6.07, 6.45) is 11.2. The molecule has 2 heteroatoms. The molecule has 0 aromatic heterocycles. The minimum absolute atomic E-state index is 0.249. The smallest absolute Gasteiger partial charge is 0.173 e. The molecule has 5 rings (SSSR count). The van der Waals surface area contributed by atoms with Crippen LogP contribution in [0.1, 0.15) is 72.6 Å². The molecular weight excluding hydrogens is 332 g/mol. The number of fused-ring (bicyclic) bond motifs is 3. The number of allylic oxidation sites excluding steroid dienone is 2. The molecule has 0 amide bonds. The van der Waals surface area contributed by atoms with Crippen molar-refractivity contribution in [3.63, 3.8) is 0 Å². The molecule has 0 unspecified atom stereocenters. The van der Waals surface area contributed by atoms with Crippen molar-refractivity contribution in [2.75, 3.05) is 6.61 Å². The van der Waals surface area contributed by atoms with E-state index in [0.29, 0.717) is 35.2 Å². The molecule has 0 aromatic rings. The lowest BCUT2D eigenvalue weighted by atomic mass is 9.49. The summed E-state index contributed by atoms with van der Waals surface area (Å²) in [5, 5.41) is 11.1. The Morgan fingerprint density at radius 2 is 1.93 bits per heavy atom. The predicted octanol–water partition coefficient (Wildman–Crippen LogP) is 5.72. The van der Waals surface area contributed by atoms with Gasteiger partial charge in [-0.2, -0.15) is 0 Å². The Kier molecular flexibility index (Phi) is 3.91. The number of ether oxygens (including phenoxy) is 1. The third-order valence-corrected chi connectivity index (χ3v) is 9.98. The zero-order valence-electron chi connectivity index (χ0n) is 17.8. The minimum atomic E-state index is -0.879. The van der Waals surface area contributed by atoms with Crippen LogP contribution in [0, 0.1) is 46.3 Å². The van der Waals surface area contributed by atoms with E-state index in [4.69, 9.17) is 4.74 Å². The maximum absolute atomic E-state index is 11.1. The van der Waals surface area contributed by atoms with E-state index in [1.807, 2.05) is 0 Å². The molecule has 4 aliphatic carbocycles. The first-order valence-electron chi connectivity index (χ1n) is 11.4. The van der Waals surface area contributed by atoms with E-state index in [-0.39, 0.29) is 5.92 Å². The molecular formula is C25H38O2. The van der Waals surface area contributed by atoms with Gasteiger partial charge in [-0.3, -0.25) is 0 Å². The van der Waals surface area contributed by atoms with Crippen LogP contribution in [0.2, 0.25) is 0 Å². The maximum Gasteiger partial charge on any atom is 0.173 e. The molecule has 5 aliphatic rings. The number of rotatable bonds is 1. The lowest BCUT2D eigenvalue weighted by molar-refractivity contribution is -0.187. The highest BCUT2D eigenvalue weighted by Crippen LogP contribution is 2.67. The molecule has 3 saturated carbocycles. The molecule has 4 fully saturated rings. The fourth-order valence-corrected chi connectivity index (χ4v) is 8.54. The zero-order chi connectivity index (χ0) is 19.2. The summed E-state index contributed by atoms with van der Waals surface area (Å²) in [5.74, 6) is 2.72. The normalized spacial score (nSPS) is 56.6. The lowest BCUT2D eigenvalue weighted by Gasteiger charge is -2.56. The summed E-state index contributed by atoms with van der Waals surface area (Å²) < 4.78 is 5.99. The quantitative estimate of drug-likeness (QED) is 0.598. The van der Waals surface area contributed by atoms with E-state index < -0.39 is 5.79 Å². The average molecular weight is 371 g/mol. The fourth-order valence-electron chi connectivity index (χ4n) is 8.54. The van der Waals surface area contributed by atoms with Gasteiger partial charge in [0.15, 0.2) is 5.79 Å². The zero-order valence-corrected chi connectivity index (χ0v) is 17.8. The van der Waals surface area contributed by atoms with Crippen molar-refractivity contribution < 1.29 is 9.84 Å². The van der Waals surface area contributed by atoms with Gasteiger partial charge >= 0.3 is 0 Å². The first kappa shape index (κ1) is 18.4. The molecule has 0 aromatic carbocycles. The number of hydrogen-bond acceptors (Lipinski definition) is 2. The van der Waals surface area contributed by atoms with Gasteiger partial charge in [0.25, 0.3) is 0 Å². The Morgan fingerprint density at radius 3 is 2.67 bits per heavy atom. The molecule has 0 radical (unpaired) electrons. The maximum atomic E-state index is 11.1. The van der Waals surface area contributed by atoms with E-state index in [0.717, 1.165) is 18.3 Å². The van der Waals surface area contributed by atoms with Gasteiger partial charge < -0.3 is 9.84 Å². The van der Waals surface area contributed by atoms with Crippen LogP contribution in [0.15, 0.2) is 23.8 Å². The van der Waals surface area contributed by atoms with Gasteiger partial charge in [0.2, 0.25) is 0 Å². The third-order valence-electron chi connectivity index (χ3n) is 9.98. The Bertz CT molecular complexity index is 694. The van der Waals surface area contributed by atoms with E-state index in [1.165, 1.54) is 49.7 Å². The molecule has 9 atom stereocenters. The molecule has 27 heavy (non-hydrogen) atoms. The monoisotopic (exact) mass is 370 g/mol. The first-order valence-corrected chi connectivity index (χ1v) is 11.4. The molecule has 0 spiro atoms. The molecule has 1 aliphatic heterocycles. The van der Waals surface area contributed by atoms with Crippen molar-refractivity contribution in [1.29, 1.82) is 0 Å². The van der Waals surface area contributed by atoms with Crippen LogP contribution in [0.25, 0.3) is 0 Å². The number of aliphatic hydroxyl groups is 1. The highest BCUT2D eigenvalue weighted by Gasteiger charge is 2.62. The molecule has 2 nitrogen and oxygen atoms in total. The fraction of sp³-hybridized carbons (Fsp3) is 0.840. The SMILES string of the molecule is C=C(C)[C@H]1CC[C@@]2(C)CC[C@]3(C)C[C@H]4[C@@H](C)C[C@@]5(O)OCC(=CC[C@H]3[C@H]12)[C@@H]45. The summed E-state index contributed by atoms with van der Waals surface area (Å²) in [4.78, 5) is 0. The Hall–Kier alpha value is -0.600. The second-order valence-corrected chi connectivity index (χ2v) is 11.6. The van der Waals surface area contributed by atoms with E-state index in [1.54, 1.807) is 0 Å². The van der Waals surface area contributed by atoms with E-state index in [2.05, 4.69) is 40.3 Å². The minimum Gasteiger partial charge on any atom is -0.365 e. The number of hydrogen-bond donors (Lipinski definition) is 1. The Morgan fingerprint density at radius 1 is 1.19 bits per heavy atom. The van der Waals surface area contributed by atoms with Gasteiger partial charge in [-0.1, -0.05) is 39.0 Å². The van der Waals surface area contributed by atoms with Crippen LogP contribution in [0.5, 0.6) is 0 Å². The molecule has 150 valence electrons. The van der Waals surface area contributed by atoms with E-state index in [9.17, 15) is 5.11 Å². The van der Waals surface area contributed by atoms with Crippen molar-refractivity contribution in [1.82, 2.24) is 0 Å². The topological polar surface area (TPSA) is 29.5 Å². The van der Waals surface area contributed by atoms with Crippen LogP contribution < -0.4 is 0 Å². The molecule has 1 N–H and O–H groups in total. The van der Waals surface area contributed by atoms with Crippen LogP contribution in [-0.2, 0) is 4.74 Å². The third kappa shape index (κ3) is 2.45. The predicted molar refractivity (Wildman–Crippen MR) is 109 cm³/mol. The van der Waals surface area contributed by atoms with E-state index >= 15 is 0 Å². The summed E-state index contributed by atoms with van der Waals surface area (Å²) in [7, 11) is 0. The van der Waals surface area contributed by atoms with Crippen LogP contribution in [0.3, 0.4) is 0 Å². The largest absolute Gasteiger partial charge is 0.365 e. The highest BCUT2D eigenvalue weighted by molar-refractivity contribution is 5.25. The van der Waals surface area contributed by atoms with Crippen molar-refractivity contribution in [3.05, 3.63) is 23.8 Å². The van der Waals surface area contributed by atoms with Gasteiger partial charge in [0, 0.05) is 12.3 Å². The Labute approximate surface area is 165 Å². The van der Waals surface area contributed by atoms with Gasteiger partial charge in [-0.15, -0.1) is 0 Å². The van der Waals surface area contributed by atoms with Gasteiger partial charge in [0.1, 0.15) is 0 Å². The van der Waals surface area contributed by atoms with Crippen molar-refractivity contribution in [3.8, 4) is 0 Å². The Balaban J connectivity index is 1.57. The van der Waals surface area contributed by atoms with Gasteiger partial charge in [-0.25, -0.2) is 0 Å². The first-order chi connectivity index (χ1) is 12.7. The second-order valence-electron chi connectivity index (χ2n) is 11.6. The van der Waals surface area contributed by atoms with Crippen molar-refractivity contribution in [2.45, 2.75) is 78.4 Å². The lowest BCUT2D eigenvalue weighted by Crippen LogP contribution is -2.48. The average Bonchev–Trinajstić information content (AvgIpc) is 3.15. The van der Waals surface area contributed by atoms with Crippen LogP contribution in [-0.4, -0.2) is 17.5 Å². The van der Waals surface area contributed by atoms with Gasteiger partial charge in [-0.05, 0) is 91.4 Å². The summed E-state index contributed by atoms with van der Waals surface area (Å²) in [6, 6.07) is 0. The summed E-state index contributed by atoms with van der Waals surface area (Å²) >= 11 is 0. The second kappa shape index (κ2) is 5.72.